The standard InChI is InChI=1S/C14H21N3O2/c1-3-17(10-12-5-4-7-15-12)13-9-11(6-8-16-13)14(18)19-2/h6,8-9,12,15H,3-5,7,10H2,1-2H3. The lowest BCUT2D eigenvalue weighted by atomic mass is 10.2. The Labute approximate surface area is 114 Å². The molecule has 1 unspecified atom stereocenters. The topological polar surface area (TPSA) is 54.5 Å². The molecule has 104 valence electrons. The van der Waals surface area contributed by atoms with E-state index in [1.807, 2.05) is 0 Å². The number of methoxy groups -OCH3 is 1. The number of rotatable bonds is 5. The van der Waals surface area contributed by atoms with Crippen LogP contribution in [0.2, 0.25) is 0 Å². The molecule has 1 atom stereocenters. The third-order valence-corrected chi connectivity index (χ3v) is 3.48. The van der Waals surface area contributed by atoms with Gasteiger partial charge in [-0.05, 0) is 38.4 Å². The van der Waals surface area contributed by atoms with E-state index in [2.05, 4.69) is 22.1 Å². The number of nitrogens with zero attached hydrogens (tertiary/aromatic N) is 2. The third-order valence-electron chi connectivity index (χ3n) is 3.48. The van der Waals surface area contributed by atoms with Gasteiger partial charge in [0.15, 0.2) is 0 Å². The molecule has 0 spiro atoms. The van der Waals surface area contributed by atoms with Crippen LogP contribution >= 0.6 is 0 Å². The molecular formula is C14H21N3O2. The molecule has 2 heterocycles. The fourth-order valence-electron chi connectivity index (χ4n) is 2.40. The van der Waals surface area contributed by atoms with Crippen LogP contribution in [-0.4, -0.2) is 43.7 Å². The van der Waals surface area contributed by atoms with Crippen molar-refractivity contribution in [3.05, 3.63) is 23.9 Å². The largest absolute Gasteiger partial charge is 0.465 e. The van der Waals surface area contributed by atoms with Crippen LogP contribution in [-0.2, 0) is 4.74 Å². The molecule has 0 radical (unpaired) electrons. The lowest BCUT2D eigenvalue weighted by molar-refractivity contribution is 0.0600. The van der Waals surface area contributed by atoms with Crippen LogP contribution < -0.4 is 10.2 Å². The second kappa shape index (κ2) is 6.52. The maximum Gasteiger partial charge on any atom is 0.338 e. The van der Waals surface area contributed by atoms with Gasteiger partial charge >= 0.3 is 5.97 Å². The van der Waals surface area contributed by atoms with E-state index in [4.69, 9.17) is 4.74 Å². The van der Waals surface area contributed by atoms with Crippen LogP contribution in [0.3, 0.4) is 0 Å². The molecule has 2 rings (SSSR count). The molecule has 5 heteroatoms. The third kappa shape index (κ3) is 3.44. The zero-order valence-corrected chi connectivity index (χ0v) is 11.6. The molecule has 1 saturated heterocycles. The highest BCUT2D eigenvalue weighted by atomic mass is 16.5. The summed E-state index contributed by atoms with van der Waals surface area (Å²) in [7, 11) is 1.39. The summed E-state index contributed by atoms with van der Waals surface area (Å²) in [5.41, 5.74) is 0.547. The summed E-state index contributed by atoms with van der Waals surface area (Å²) in [6.07, 6.45) is 4.09. The highest BCUT2D eigenvalue weighted by molar-refractivity contribution is 5.90. The van der Waals surface area contributed by atoms with Gasteiger partial charge in [0.1, 0.15) is 5.82 Å². The van der Waals surface area contributed by atoms with Crippen LogP contribution in [0.1, 0.15) is 30.1 Å². The maximum atomic E-state index is 11.5. The van der Waals surface area contributed by atoms with E-state index in [9.17, 15) is 4.79 Å². The van der Waals surface area contributed by atoms with Gasteiger partial charge in [-0.3, -0.25) is 0 Å². The molecule has 19 heavy (non-hydrogen) atoms. The smallest absolute Gasteiger partial charge is 0.338 e. The summed E-state index contributed by atoms with van der Waals surface area (Å²) in [5, 5.41) is 3.48. The van der Waals surface area contributed by atoms with Crippen molar-refractivity contribution in [1.29, 1.82) is 0 Å². The van der Waals surface area contributed by atoms with Crippen molar-refractivity contribution < 1.29 is 9.53 Å². The summed E-state index contributed by atoms with van der Waals surface area (Å²) in [6, 6.07) is 3.99. The Morgan fingerprint density at radius 1 is 1.63 bits per heavy atom. The average molecular weight is 263 g/mol. The van der Waals surface area contributed by atoms with Crippen molar-refractivity contribution in [2.75, 3.05) is 31.6 Å². The van der Waals surface area contributed by atoms with Gasteiger partial charge in [-0.1, -0.05) is 0 Å². The lowest BCUT2D eigenvalue weighted by Gasteiger charge is -2.25. The normalized spacial score (nSPS) is 18.3. The maximum absolute atomic E-state index is 11.5. The summed E-state index contributed by atoms with van der Waals surface area (Å²) in [4.78, 5) is 18.1. The summed E-state index contributed by atoms with van der Waals surface area (Å²) in [6.45, 7) is 4.99. The zero-order chi connectivity index (χ0) is 13.7. The molecule has 1 fully saturated rings. The number of carbonyl (C=O) groups is 1. The molecule has 0 aromatic carbocycles. The minimum Gasteiger partial charge on any atom is -0.465 e. The van der Waals surface area contributed by atoms with E-state index < -0.39 is 0 Å². The number of esters is 1. The Morgan fingerprint density at radius 2 is 2.47 bits per heavy atom. The van der Waals surface area contributed by atoms with E-state index in [0.717, 1.165) is 25.5 Å². The van der Waals surface area contributed by atoms with Crippen molar-refractivity contribution in [1.82, 2.24) is 10.3 Å². The Balaban J connectivity index is 2.10. The highest BCUT2D eigenvalue weighted by Crippen LogP contribution is 2.16. The monoisotopic (exact) mass is 263 g/mol. The highest BCUT2D eigenvalue weighted by Gasteiger charge is 2.18. The van der Waals surface area contributed by atoms with Crippen LogP contribution in [0, 0.1) is 0 Å². The van der Waals surface area contributed by atoms with E-state index in [1.165, 1.54) is 20.0 Å². The van der Waals surface area contributed by atoms with Gasteiger partial charge in [-0.15, -0.1) is 0 Å². The Kier molecular flexibility index (Phi) is 4.74. The lowest BCUT2D eigenvalue weighted by Crippen LogP contribution is -2.38. The summed E-state index contributed by atoms with van der Waals surface area (Å²) in [5.74, 6) is 0.512. The van der Waals surface area contributed by atoms with E-state index in [-0.39, 0.29) is 5.97 Å². The Bertz CT molecular complexity index is 430. The minimum absolute atomic E-state index is 0.321. The van der Waals surface area contributed by atoms with Gasteiger partial charge in [-0.2, -0.15) is 0 Å². The van der Waals surface area contributed by atoms with Crippen LogP contribution in [0.25, 0.3) is 0 Å². The van der Waals surface area contributed by atoms with Crippen LogP contribution in [0.4, 0.5) is 5.82 Å². The van der Waals surface area contributed by atoms with Crippen molar-refractivity contribution in [3.63, 3.8) is 0 Å². The molecule has 1 aliphatic heterocycles. The number of aromatic nitrogens is 1. The van der Waals surface area contributed by atoms with Gasteiger partial charge in [0.2, 0.25) is 0 Å². The minimum atomic E-state index is -0.321. The SMILES string of the molecule is CCN(CC1CCCN1)c1cc(C(=O)OC)ccn1. The van der Waals surface area contributed by atoms with Crippen LogP contribution in [0.15, 0.2) is 18.3 Å². The number of anilines is 1. The number of hydrogen-bond acceptors (Lipinski definition) is 5. The molecule has 1 aliphatic rings. The number of likely N-dealkylation sites (N-methyl/N-ethyl adjacent to an activating group) is 1. The van der Waals surface area contributed by atoms with Gasteiger partial charge in [-0.25, -0.2) is 9.78 Å². The van der Waals surface area contributed by atoms with Gasteiger partial charge in [0.05, 0.1) is 12.7 Å². The Morgan fingerprint density at radius 3 is 3.11 bits per heavy atom. The van der Waals surface area contributed by atoms with Crippen molar-refractivity contribution in [3.8, 4) is 0 Å². The fourth-order valence-corrected chi connectivity index (χ4v) is 2.40. The molecule has 0 saturated carbocycles. The second-order valence-electron chi connectivity index (χ2n) is 4.73. The average Bonchev–Trinajstić information content (AvgIpc) is 2.97. The predicted molar refractivity (Wildman–Crippen MR) is 74.5 cm³/mol. The summed E-state index contributed by atoms with van der Waals surface area (Å²) >= 11 is 0. The predicted octanol–water partition coefficient (Wildman–Crippen LogP) is 1.45. The molecule has 0 bridgehead atoms. The molecule has 1 aromatic heterocycles. The fraction of sp³-hybridized carbons (Fsp3) is 0.571. The van der Waals surface area contributed by atoms with Gasteiger partial charge in [0.25, 0.3) is 0 Å². The molecule has 1 N–H and O–H groups in total. The van der Waals surface area contributed by atoms with Crippen molar-refractivity contribution in [2.45, 2.75) is 25.8 Å². The van der Waals surface area contributed by atoms with E-state index >= 15 is 0 Å². The second-order valence-corrected chi connectivity index (χ2v) is 4.73. The first kappa shape index (κ1) is 13.8. The van der Waals surface area contributed by atoms with E-state index in [0.29, 0.717) is 11.6 Å². The van der Waals surface area contributed by atoms with Gasteiger partial charge < -0.3 is 15.0 Å². The van der Waals surface area contributed by atoms with Gasteiger partial charge in [0, 0.05) is 25.3 Å². The first-order valence-electron chi connectivity index (χ1n) is 6.77. The Hall–Kier alpha value is -1.62. The molecule has 5 nitrogen and oxygen atoms in total. The number of nitrogens with one attached hydrogen (secondary N) is 1. The number of pyridine rings is 1. The van der Waals surface area contributed by atoms with E-state index in [1.54, 1.807) is 18.3 Å². The van der Waals surface area contributed by atoms with Crippen molar-refractivity contribution in [2.24, 2.45) is 0 Å². The number of ether oxygens (including phenoxy) is 1. The number of carbonyl (C=O) groups excluding carboxylic acids is 1. The molecule has 0 amide bonds. The first-order chi connectivity index (χ1) is 9.24. The zero-order valence-electron chi connectivity index (χ0n) is 11.6. The molecule has 0 aliphatic carbocycles. The molecule has 1 aromatic rings. The first-order valence-corrected chi connectivity index (χ1v) is 6.77. The number of hydrogen-bond donors (Lipinski definition) is 1. The van der Waals surface area contributed by atoms with Crippen molar-refractivity contribution >= 4 is 11.8 Å². The summed E-state index contributed by atoms with van der Waals surface area (Å²) < 4.78 is 4.74. The van der Waals surface area contributed by atoms with Crippen LogP contribution in [0.5, 0.6) is 0 Å². The quantitative estimate of drug-likeness (QED) is 0.815. The molecular weight excluding hydrogens is 242 g/mol.